The van der Waals surface area contributed by atoms with Crippen molar-refractivity contribution in [2.24, 2.45) is 5.92 Å². The van der Waals surface area contributed by atoms with Gasteiger partial charge in [-0.2, -0.15) is 5.10 Å². The second-order valence-corrected chi connectivity index (χ2v) is 10.6. The zero-order valence-corrected chi connectivity index (χ0v) is 20.7. The molecule has 0 bridgehead atoms. The number of hydrogen-bond acceptors (Lipinski definition) is 6. The van der Waals surface area contributed by atoms with Crippen LogP contribution in [0.3, 0.4) is 0 Å². The molecule has 0 unspecified atom stereocenters. The quantitative estimate of drug-likeness (QED) is 0.409. The van der Waals surface area contributed by atoms with Gasteiger partial charge in [0, 0.05) is 30.5 Å². The number of benzene rings is 1. The van der Waals surface area contributed by atoms with Crippen molar-refractivity contribution < 1.29 is 17.2 Å². The zero-order valence-electron chi connectivity index (χ0n) is 19.9. The van der Waals surface area contributed by atoms with Gasteiger partial charge in [0.2, 0.25) is 16.0 Å². The van der Waals surface area contributed by atoms with Crippen LogP contribution >= 0.6 is 0 Å². The van der Waals surface area contributed by atoms with Gasteiger partial charge in [0.05, 0.1) is 22.7 Å². The average Bonchev–Trinajstić information content (AvgIpc) is 3.20. The lowest BCUT2D eigenvalue weighted by Gasteiger charge is -2.12. The molecule has 0 saturated carbocycles. The Labute approximate surface area is 198 Å². The molecule has 0 amide bonds. The summed E-state index contributed by atoms with van der Waals surface area (Å²) in [5, 5.41) is 7.57. The molecule has 2 heterocycles. The van der Waals surface area contributed by atoms with Crippen molar-refractivity contribution >= 4 is 21.7 Å². The first kappa shape index (κ1) is 25.5. The van der Waals surface area contributed by atoms with Crippen LogP contribution in [0.15, 0.2) is 30.6 Å². The molecule has 0 saturated heterocycles. The Morgan fingerprint density at radius 3 is 2.50 bits per heavy atom. The van der Waals surface area contributed by atoms with Gasteiger partial charge in [-0.3, -0.25) is 9.40 Å². The van der Waals surface area contributed by atoms with Gasteiger partial charge in [-0.25, -0.2) is 27.2 Å². The summed E-state index contributed by atoms with van der Waals surface area (Å²) in [5.74, 6) is -1.33. The van der Waals surface area contributed by atoms with Gasteiger partial charge in [0.25, 0.3) is 0 Å². The number of sulfonamides is 1. The summed E-state index contributed by atoms with van der Waals surface area (Å²) < 4.78 is 58.7. The van der Waals surface area contributed by atoms with Crippen LogP contribution in [0.1, 0.15) is 47.1 Å². The number of nitrogens with zero attached hydrogens (tertiary/aromatic N) is 4. The minimum atomic E-state index is -3.78. The molecule has 3 rings (SSSR count). The van der Waals surface area contributed by atoms with E-state index in [1.54, 1.807) is 30.1 Å². The lowest BCUT2D eigenvalue weighted by Crippen LogP contribution is -2.17. The number of anilines is 2. The van der Waals surface area contributed by atoms with Crippen LogP contribution < -0.4 is 10.0 Å². The molecule has 0 aliphatic carbocycles. The maximum Gasteiger partial charge on any atom is 0.232 e. The molecule has 1 aromatic carbocycles. The monoisotopic (exact) mass is 492 g/mol. The molecular formula is C23H30F2N6O2S. The Bertz CT molecular complexity index is 1260. The molecule has 0 atom stereocenters. The number of nitrogens with one attached hydrogen (secondary N) is 2. The number of rotatable bonds is 10. The van der Waals surface area contributed by atoms with Gasteiger partial charge in [0.1, 0.15) is 11.5 Å². The Hall–Kier alpha value is -3.08. The Morgan fingerprint density at radius 1 is 1.12 bits per heavy atom. The van der Waals surface area contributed by atoms with Crippen LogP contribution in [0.5, 0.6) is 0 Å². The van der Waals surface area contributed by atoms with Crippen LogP contribution in [0.2, 0.25) is 0 Å². The first-order valence-corrected chi connectivity index (χ1v) is 12.8. The number of halogens is 2. The van der Waals surface area contributed by atoms with E-state index in [9.17, 15) is 12.8 Å². The standard InChI is InChI=1S/C23H30F2N6O2S/c1-6-11-34(32,33)30-19-8-7-17(24)20(21(19)25)22-16(13-31(29-22)15(4)5)18-9-10-26-23(28-18)27-12-14(2)3/h7-10,13-15,30H,6,11-12H2,1-5H3,(H,26,27,28). The van der Waals surface area contributed by atoms with E-state index in [2.05, 4.69) is 39.0 Å². The zero-order chi connectivity index (χ0) is 25.0. The SMILES string of the molecule is CCCS(=O)(=O)Nc1ccc(F)c(-c2nn(C(C)C)cc2-c2ccnc(NCC(C)C)n2)c1F. The molecule has 34 heavy (non-hydrogen) atoms. The van der Waals surface area contributed by atoms with Crippen LogP contribution in [-0.4, -0.2) is 40.5 Å². The summed E-state index contributed by atoms with van der Waals surface area (Å²) in [7, 11) is -3.78. The van der Waals surface area contributed by atoms with E-state index in [-0.39, 0.29) is 23.2 Å². The highest BCUT2D eigenvalue weighted by Gasteiger charge is 2.25. The molecule has 184 valence electrons. The van der Waals surface area contributed by atoms with Gasteiger partial charge in [-0.05, 0) is 44.4 Å². The van der Waals surface area contributed by atoms with E-state index in [1.807, 2.05) is 13.8 Å². The normalized spacial score (nSPS) is 11.9. The van der Waals surface area contributed by atoms with E-state index in [1.165, 1.54) is 0 Å². The lowest BCUT2D eigenvalue weighted by atomic mass is 10.0. The van der Waals surface area contributed by atoms with Crippen molar-refractivity contribution in [3.63, 3.8) is 0 Å². The Kier molecular flexibility index (Phi) is 7.86. The average molecular weight is 493 g/mol. The van der Waals surface area contributed by atoms with Crippen LogP contribution in [-0.2, 0) is 10.0 Å². The summed E-state index contributed by atoms with van der Waals surface area (Å²) in [5.41, 5.74) is 0.0843. The fraction of sp³-hybridized carbons (Fsp3) is 0.435. The minimum absolute atomic E-state index is 0.0220. The fourth-order valence-electron chi connectivity index (χ4n) is 3.25. The van der Waals surface area contributed by atoms with Gasteiger partial charge < -0.3 is 5.32 Å². The lowest BCUT2D eigenvalue weighted by molar-refractivity contribution is 0.532. The fourth-order valence-corrected chi connectivity index (χ4v) is 4.39. The summed E-state index contributed by atoms with van der Waals surface area (Å²) in [6.45, 7) is 10.2. The first-order valence-electron chi connectivity index (χ1n) is 11.2. The highest BCUT2D eigenvalue weighted by Crippen LogP contribution is 2.37. The maximum absolute atomic E-state index is 15.5. The molecular weight excluding hydrogens is 462 g/mol. The molecule has 3 aromatic rings. The summed E-state index contributed by atoms with van der Waals surface area (Å²) in [6, 6.07) is 3.63. The predicted molar refractivity (Wildman–Crippen MR) is 130 cm³/mol. The number of aromatic nitrogens is 4. The van der Waals surface area contributed by atoms with Gasteiger partial charge in [-0.1, -0.05) is 20.8 Å². The minimum Gasteiger partial charge on any atom is -0.354 e. The largest absolute Gasteiger partial charge is 0.354 e. The summed E-state index contributed by atoms with van der Waals surface area (Å²) >= 11 is 0. The molecule has 0 aliphatic rings. The van der Waals surface area contributed by atoms with E-state index in [4.69, 9.17) is 0 Å². The topological polar surface area (TPSA) is 102 Å². The molecule has 0 aliphatic heterocycles. The second-order valence-electron chi connectivity index (χ2n) is 8.71. The highest BCUT2D eigenvalue weighted by molar-refractivity contribution is 7.92. The second kappa shape index (κ2) is 10.5. The third-order valence-electron chi connectivity index (χ3n) is 4.93. The molecule has 11 heteroatoms. The molecule has 0 radical (unpaired) electrons. The van der Waals surface area contributed by atoms with E-state index < -0.39 is 27.2 Å². The third-order valence-corrected chi connectivity index (χ3v) is 6.40. The van der Waals surface area contributed by atoms with Crippen LogP contribution in [0.25, 0.3) is 22.5 Å². The van der Waals surface area contributed by atoms with Gasteiger partial charge >= 0.3 is 0 Å². The predicted octanol–water partition coefficient (Wildman–Crippen LogP) is 5.09. The van der Waals surface area contributed by atoms with Gasteiger partial charge in [-0.15, -0.1) is 0 Å². The summed E-state index contributed by atoms with van der Waals surface area (Å²) in [6.07, 6.45) is 3.58. The number of hydrogen-bond donors (Lipinski definition) is 2. The van der Waals surface area contributed by atoms with Crippen molar-refractivity contribution in [3.8, 4) is 22.5 Å². The molecule has 0 spiro atoms. The van der Waals surface area contributed by atoms with E-state index >= 15 is 4.39 Å². The highest BCUT2D eigenvalue weighted by atomic mass is 32.2. The third kappa shape index (κ3) is 5.88. The van der Waals surface area contributed by atoms with Crippen molar-refractivity contribution in [1.82, 2.24) is 19.7 Å². The Balaban J connectivity index is 2.15. The molecule has 0 fully saturated rings. The smallest absolute Gasteiger partial charge is 0.232 e. The maximum atomic E-state index is 15.5. The van der Waals surface area contributed by atoms with Crippen molar-refractivity contribution in [1.29, 1.82) is 0 Å². The Morgan fingerprint density at radius 2 is 1.85 bits per heavy atom. The van der Waals surface area contributed by atoms with E-state index in [0.29, 0.717) is 36.1 Å². The van der Waals surface area contributed by atoms with Gasteiger partial charge in [0.15, 0.2) is 5.82 Å². The van der Waals surface area contributed by atoms with Crippen molar-refractivity contribution in [2.75, 3.05) is 22.3 Å². The van der Waals surface area contributed by atoms with Crippen molar-refractivity contribution in [3.05, 3.63) is 42.2 Å². The van der Waals surface area contributed by atoms with Crippen LogP contribution in [0, 0.1) is 17.6 Å². The molecule has 8 nitrogen and oxygen atoms in total. The van der Waals surface area contributed by atoms with Crippen LogP contribution in [0.4, 0.5) is 20.4 Å². The molecule has 2 aromatic heterocycles. The summed E-state index contributed by atoms with van der Waals surface area (Å²) in [4.78, 5) is 8.72. The van der Waals surface area contributed by atoms with Crippen molar-refractivity contribution in [2.45, 2.75) is 47.1 Å². The molecule has 2 N–H and O–H groups in total. The first-order chi connectivity index (χ1) is 16.0. The van der Waals surface area contributed by atoms with E-state index in [0.717, 1.165) is 12.1 Å².